The van der Waals surface area contributed by atoms with E-state index >= 15 is 0 Å². The molecule has 22 heteroatoms. The van der Waals surface area contributed by atoms with Gasteiger partial charge in [0.25, 0.3) is 5.56 Å². The topological polar surface area (TPSA) is 319 Å². The van der Waals surface area contributed by atoms with Crippen LogP contribution in [0.25, 0.3) is 11.2 Å². The second kappa shape index (κ2) is 10.6. The number of nitrogens with one attached hydrogen (secondary N) is 1. The average Bonchev–Trinajstić information content (AvgIpc) is 3.53. The summed E-state index contributed by atoms with van der Waals surface area (Å²) in [4.78, 5) is 51.5. The lowest BCUT2D eigenvalue weighted by Crippen LogP contribution is -2.37. The van der Waals surface area contributed by atoms with E-state index in [1.54, 1.807) is 0 Å². The number of hydrogen-bond donors (Lipinski definition) is 8. The summed E-state index contributed by atoms with van der Waals surface area (Å²) in [5, 5.41) is 41.2. The van der Waals surface area contributed by atoms with E-state index in [4.69, 9.17) is 30.0 Å². The van der Waals surface area contributed by atoms with Gasteiger partial charge >= 0.3 is 13.5 Å². The third-order valence-electron chi connectivity index (χ3n) is 6.23. The highest BCUT2D eigenvalue weighted by Crippen LogP contribution is 2.49. The monoisotopic (exact) mass is 589 g/mol. The first-order chi connectivity index (χ1) is 18.9. The molecule has 5 rings (SSSR count). The van der Waals surface area contributed by atoms with Crippen LogP contribution in [-0.2, 0) is 23.1 Å². The summed E-state index contributed by atoms with van der Waals surface area (Å²) >= 11 is 0. The molecular formula is C18H24N9O12P. The molecule has 0 aliphatic carbocycles. The number of rotatable bonds is 8. The molecular weight excluding hydrogens is 565 g/mol. The molecule has 0 saturated carbocycles. The Hall–Kier alpha value is -3.37. The van der Waals surface area contributed by atoms with E-state index in [1.807, 2.05) is 0 Å². The number of phosphoric acid groups is 1. The van der Waals surface area contributed by atoms with Crippen molar-refractivity contribution in [3.63, 3.8) is 0 Å². The van der Waals surface area contributed by atoms with Crippen LogP contribution in [0, 0.1) is 0 Å². The number of hydrogen-bond acceptors (Lipinski definition) is 17. The van der Waals surface area contributed by atoms with Gasteiger partial charge in [-0.05, 0) is 0 Å². The maximum atomic E-state index is 12.7. The van der Waals surface area contributed by atoms with Gasteiger partial charge in [-0.3, -0.25) is 28.0 Å². The fraction of sp³-hybridized carbons (Fsp3) is 0.556. The molecule has 21 nitrogen and oxygen atoms in total. The van der Waals surface area contributed by atoms with Gasteiger partial charge in [0, 0.05) is 0 Å². The maximum absolute atomic E-state index is 12.7. The summed E-state index contributed by atoms with van der Waals surface area (Å²) in [6, 6.07) is 0. The van der Waals surface area contributed by atoms with Gasteiger partial charge in [0.2, 0.25) is 11.9 Å². The number of imidazole rings is 1. The normalized spacial score (nSPS) is 32.0. The first-order valence-corrected chi connectivity index (χ1v) is 12.9. The zero-order chi connectivity index (χ0) is 28.9. The summed E-state index contributed by atoms with van der Waals surface area (Å²) in [6.07, 6.45) is -10.3. The van der Waals surface area contributed by atoms with E-state index in [0.717, 1.165) is 21.8 Å². The van der Waals surface area contributed by atoms with Gasteiger partial charge in [0.15, 0.2) is 23.6 Å². The Balaban J connectivity index is 1.28. The van der Waals surface area contributed by atoms with Gasteiger partial charge in [0.05, 0.1) is 19.5 Å². The second-order valence-corrected chi connectivity index (χ2v) is 10.2. The van der Waals surface area contributed by atoms with Crippen molar-refractivity contribution in [3.8, 4) is 0 Å². The van der Waals surface area contributed by atoms with Gasteiger partial charge in [0.1, 0.15) is 43.0 Å². The largest absolute Gasteiger partial charge is 0.472 e. The molecule has 2 fully saturated rings. The highest BCUT2D eigenvalue weighted by molar-refractivity contribution is 7.47. The second-order valence-electron chi connectivity index (χ2n) is 8.80. The van der Waals surface area contributed by atoms with Crippen LogP contribution >= 0.6 is 7.82 Å². The Morgan fingerprint density at radius 1 is 1.00 bits per heavy atom. The van der Waals surface area contributed by atoms with Crippen molar-refractivity contribution in [2.24, 2.45) is 0 Å². The first kappa shape index (κ1) is 28.2. The van der Waals surface area contributed by atoms with Crippen molar-refractivity contribution in [2.45, 2.75) is 49.1 Å². The Labute approximate surface area is 221 Å². The van der Waals surface area contributed by atoms with E-state index in [1.165, 1.54) is 0 Å². The zero-order valence-electron chi connectivity index (χ0n) is 20.1. The lowest BCUT2D eigenvalue weighted by atomic mass is 10.1. The summed E-state index contributed by atoms with van der Waals surface area (Å²) in [7, 11) is -5.05. The van der Waals surface area contributed by atoms with Crippen molar-refractivity contribution >= 4 is 30.9 Å². The lowest BCUT2D eigenvalue weighted by molar-refractivity contribution is -0.0613. The molecule has 2 aliphatic heterocycles. The molecule has 40 heavy (non-hydrogen) atoms. The predicted octanol–water partition coefficient (Wildman–Crippen LogP) is -4.69. The number of fused-ring (bicyclic) bond motifs is 1. The number of phosphoric ester groups is 1. The standard InChI is InChI=1S/C18H24N9O12P/c19-16-22-4-27(18(33)25-16)14-9(30)8(29)6(38-14)2-36-40(34,35)39-11-5(1-28)37-15(10(11)31)26-3-21-7-12(26)23-17(20)24-13(7)32/h3-6,8-11,14-15,28-31H,1-2H2,(H,34,35)(H2,19,25,33)(H3,20,23,24,32)/t5-,6-,8-,9-,10-,11-,14-,15-/m1/s1. The van der Waals surface area contributed by atoms with Crippen molar-refractivity contribution in [3.05, 3.63) is 33.5 Å². The van der Waals surface area contributed by atoms with E-state index in [0.29, 0.717) is 0 Å². The van der Waals surface area contributed by atoms with Crippen LogP contribution in [0.5, 0.6) is 0 Å². The van der Waals surface area contributed by atoms with Gasteiger partial charge < -0.3 is 46.3 Å². The fourth-order valence-electron chi connectivity index (χ4n) is 4.33. The summed E-state index contributed by atoms with van der Waals surface area (Å²) < 4.78 is 35.6. The number of H-pyrrole nitrogens is 1. The van der Waals surface area contributed by atoms with Crippen LogP contribution in [0.15, 0.2) is 22.2 Å². The molecule has 2 aliphatic rings. The number of nitrogen functional groups attached to an aromatic ring is 2. The molecule has 0 bridgehead atoms. The van der Waals surface area contributed by atoms with E-state index in [9.17, 15) is 39.5 Å². The predicted molar refractivity (Wildman–Crippen MR) is 127 cm³/mol. The van der Waals surface area contributed by atoms with Gasteiger partial charge in [-0.25, -0.2) is 19.3 Å². The average molecular weight is 589 g/mol. The third kappa shape index (κ3) is 5.10. The fourth-order valence-corrected chi connectivity index (χ4v) is 5.30. The quantitative estimate of drug-likeness (QED) is 0.114. The highest BCUT2D eigenvalue weighted by atomic mass is 31.2. The number of aromatic amines is 1. The molecule has 2 saturated heterocycles. The highest BCUT2D eigenvalue weighted by Gasteiger charge is 2.50. The molecule has 0 radical (unpaired) electrons. The van der Waals surface area contributed by atoms with Crippen molar-refractivity contribution in [1.82, 2.24) is 34.1 Å². The number of ether oxygens (including phenoxy) is 2. The Morgan fingerprint density at radius 2 is 1.68 bits per heavy atom. The van der Waals surface area contributed by atoms with E-state index in [2.05, 4.69) is 24.9 Å². The smallest absolute Gasteiger partial charge is 0.394 e. The number of nitrogens with zero attached hydrogens (tertiary/aromatic N) is 6. The molecule has 3 aromatic heterocycles. The number of aliphatic hydroxyl groups excluding tert-OH is 4. The van der Waals surface area contributed by atoms with E-state index in [-0.39, 0.29) is 23.1 Å². The van der Waals surface area contributed by atoms with Crippen molar-refractivity contribution < 1.29 is 48.4 Å². The Morgan fingerprint density at radius 3 is 2.38 bits per heavy atom. The van der Waals surface area contributed by atoms with Gasteiger partial charge in [-0.2, -0.15) is 9.97 Å². The summed E-state index contributed by atoms with van der Waals surface area (Å²) in [5.41, 5.74) is 9.11. The van der Waals surface area contributed by atoms with Crippen LogP contribution in [0.1, 0.15) is 12.5 Å². The SMILES string of the molecule is Nc1ncn([C@@H]2O[C@H](COP(=O)(O)O[C@H]3[C@@H](O)[C@H](n4cnc5c(=O)[nH]c(N)nc54)O[C@@H]3CO)[C@@H](O)[C@H]2O)c(=O)n1. The Kier molecular flexibility index (Phi) is 7.43. The number of aromatic nitrogens is 7. The van der Waals surface area contributed by atoms with Crippen LogP contribution in [-0.4, -0.2) is 109 Å². The molecule has 9 atom stereocenters. The van der Waals surface area contributed by atoms with Crippen molar-refractivity contribution in [1.29, 1.82) is 0 Å². The van der Waals surface area contributed by atoms with Gasteiger partial charge in [-0.15, -0.1) is 0 Å². The van der Waals surface area contributed by atoms with Crippen LogP contribution in [0.3, 0.4) is 0 Å². The maximum Gasteiger partial charge on any atom is 0.472 e. The summed E-state index contributed by atoms with van der Waals surface area (Å²) in [5.74, 6) is -0.576. The lowest BCUT2D eigenvalue weighted by Gasteiger charge is -2.23. The number of aliphatic hydroxyl groups is 4. The van der Waals surface area contributed by atoms with Crippen LogP contribution in [0.2, 0.25) is 0 Å². The minimum absolute atomic E-state index is 0.0721. The molecule has 218 valence electrons. The summed E-state index contributed by atoms with van der Waals surface area (Å²) in [6.45, 7) is -1.58. The molecule has 5 heterocycles. The van der Waals surface area contributed by atoms with Crippen molar-refractivity contribution in [2.75, 3.05) is 24.7 Å². The molecule has 0 spiro atoms. The number of anilines is 2. The molecule has 0 amide bonds. The molecule has 0 aromatic carbocycles. The minimum Gasteiger partial charge on any atom is -0.394 e. The molecule has 3 aromatic rings. The van der Waals surface area contributed by atoms with E-state index < -0.39 is 81.4 Å². The Bertz CT molecular complexity index is 1560. The molecule has 1 unspecified atom stereocenters. The first-order valence-electron chi connectivity index (χ1n) is 11.4. The third-order valence-corrected chi connectivity index (χ3v) is 7.21. The van der Waals surface area contributed by atoms with Gasteiger partial charge in [-0.1, -0.05) is 0 Å². The number of nitrogens with two attached hydrogens (primary N) is 2. The van der Waals surface area contributed by atoms with Crippen LogP contribution in [0.4, 0.5) is 11.9 Å². The zero-order valence-corrected chi connectivity index (χ0v) is 21.0. The van der Waals surface area contributed by atoms with Crippen LogP contribution < -0.4 is 22.7 Å². The molecule has 10 N–H and O–H groups in total. The minimum atomic E-state index is -5.05.